The second kappa shape index (κ2) is 12.1. The number of likely N-dealkylation sites (tertiary alicyclic amines) is 1. The number of hydrogen-bond donors (Lipinski definition) is 2. The minimum atomic E-state index is -4.43. The Morgan fingerprint density at radius 1 is 1.05 bits per heavy atom. The van der Waals surface area contributed by atoms with E-state index in [4.69, 9.17) is 10.1 Å². The molecule has 0 amide bonds. The van der Waals surface area contributed by atoms with E-state index in [-0.39, 0.29) is 12.0 Å². The van der Waals surface area contributed by atoms with Gasteiger partial charge in [0, 0.05) is 67.7 Å². The Hall–Kier alpha value is -3.22. The van der Waals surface area contributed by atoms with Crippen molar-refractivity contribution >= 4 is 33.9 Å². The Morgan fingerprint density at radius 3 is 2.50 bits per heavy atom. The van der Waals surface area contributed by atoms with Crippen LogP contribution in [0.3, 0.4) is 0 Å². The molecule has 2 aliphatic heterocycles. The van der Waals surface area contributed by atoms with Gasteiger partial charge in [-0.05, 0) is 50.6 Å². The number of nitrogens with one attached hydrogen (secondary N) is 1. The maximum absolute atomic E-state index is 13.7. The number of benzene rings is 1. The van der Waals surface area contributed by atoms with E-state index in [0.29, 0.717) is 35.3 Å². The minimum Gasteiger partial charge on any atom is -0.481 e. The first-order valence-electron chi connectivity index (χ1n) is 13.5. The number of aryl methyl sites for hydroxylation is 1. The highest BCUT2D eigenvalue weighted by Crippen LogP contribution is 2.38. The summed E-state index contributed by atoms with van der Waals surface area (Å²) in [5.41, 5.74) is 1.57. The predicted octanol–water partition coefficient (Wildman–Crippen LogP) is 5.47. The van der Waals surface area contributed by atoms with E-state index in [1.807, 2.05) is 12.1 Å². The summed E-state index contributed by atoms with van der Waals surface area (Å²) in [4.78, 5) is 27.7. The predicted molar refractivity (Wildman–Crippen MR) is 150 cm³/mol. The van der Waals surface area contributed by atoms with E-state index in [1.165, 1.54) is 30.4 Å². The van der Waals surface area contributed by atoms with Crippen molar-refractivity contribution in [3.63, 3.8) is 0 Å². The fraction of sp³-hybridized carbons (Fsp3) is 0.464. The van der Waals surface area contributed by atoms with Gasteiger partial charge in [0.2, 0.25) is 0 Å². The summed E-state index contributed by atoms with van der Waals surface area (Å²) in [6.45, 7) is 7.71. The molecule has 4 heterocycles. The van der Waals surface area contributed by atoms with Crippen LogP contribution in [-0.4, -0.2) is 76.7 Å². The standard InChI is InChI=1S/C28H33F3N6O2S/c1-19-4-5-20(16-22(19)28(29,30)31)26-23(18-36-9-2-3-10-36)40-27(34-26)33-24-17-21(6-8-32-24)37-14-12-35(13-15-37)11-7-25(38)39/h4-6,8,16-17H,2-3,7,9-15,18H2,1H3,(H,38,39)(H,32,33,34). The highest BCUT2D eigenvalue weighted by atomic mass is 32.1. The summed E-state index contributed by atoms with van der Waals surface area (Å²) >= 11 is 1.45. The van der Waals surface area contributed by atoms with Gasteiger partial charge in [0.25, 0.3) is 0 Å². The van der Waals surface area contributed by atoms with Crippen LogP contribution in [0, 0.1) is 6.92 Å². The number of carboxylic acids is 1. The molecule has 40 heavy (non-hydrogen) atoms. The summed E-state index contributed by atoms with van der Waals surface area (Å²) in [6, 6.07) is 8.32. The fourth-order valence-corrected chi connectivity index (χ4v) is 6.27. The van der Waals surface area contributed by atoms with Crippen molar-refractivity contribution < 1.29 is 23.1 Å². The van der Waals surface area contributed by atoms with Crippen LogP contribution in [0.1, 0.15) is 35.3 Å². The number of pyridine rings is 1. The maximum Gasteiger partial charge on any atom is 0.416 e. The molecule has 0 spiro atoms. The van der Waals surface area contributed by atoms with Crippen molar-refractivity contribution in [3.05, 3.63) is 52.5 Å². The average Bonchev–Trinajstić information content (AvgIpc) is 3.58. The molecule has 0 radical (unpaired) electrons. The van der Waals surface area contributed by atoms with Crippen LogP contribution in [0.5, 0.6) is 0 Å². The highest BCUT2D eigenvalue weighted by Gasteiger charge is 2.33. The first-order chi connectivity index (χ1) is 19.2. The molecule has 1 aromatic carbocycles. The lowest BCUT2D eigenvalue weighted by molar-refractivity contribution is -0.138. The number of thiazole rings is 1. The van der Waals surface area contributed by atoms with Crippen LogP contribution < -0.4 is 10.2 Å². The number of anilines is 3. The first kappa shape index (κ1) is 28.3. The van der Waals surface area contributed by atoms with E-state index in [1.54, 1.807) is 12.3 Å². The van der Waals surface area contributed by atoms with Gasteiger partial charge < -0.3 is 15.3 Å². The van der Waals surface area contributed by atoms with Crippen molar-refractivity contribution in [1.29, 1.82) is 0 Å². The number of carbonyl (C=O) groups is 1. The Kier molecular flexibility index (Phi) is 8.57. The molecule has 8 nitrogen and oxygen atoms in total. The quantitative estimate of drug-likeness (QED) is 0.348. The van der Waals surface area contributed by atoms with Gasteiger partial charge >= 0.3 is 12.1 Å². The van der Waals surface area contributed by atoms with E-state index >= 15 is 0 Å². The molecular weight excluding hydrogens is 541 g/mol. The van der Waals surface area contributed by atoms with E-state index in [9.17, 15) is 18.0 Å². The van der Waals surface area contributed by atoms with Crippen LogP contribution in [0.15, 0.2) is 36.5 Å². The van der Waals surface area contributed by atoms with Gasteiger partial charge in [-0.25, -0.2) is 9.97 Å². The molecule has 2 saturated heterocycles. The number of carboxylic acid groups (broad SMARTS) is 1. The van der Waals surface area contributed by atoms with Crippen molar-refractivity contribution in [2.24, 2.45) is 0 Å². The van der Waals surface area contributed by atoms with Crippen LogP contribution in [-0.2, 0) is 17.5 Å². The molecule has 3 aromatic rings. The zero-order chi connectivity index (χ0) is 28.3. The fourth-order valence-electron chi connectivity index (χ4n) is 5.23. The number of rotatable bonds is 9. The molecule has 5 rings (SSSR count). The number of hydrogen-bond acceptors (Lipinski definition) is 8. The third-order valence-electron chi connectivity index (χ3n) is 7.44. The molecule has 0 saturated carbocycles. The topological polar surface area (TPSA) is 84.8 Å². The second-order valence-electron chi connectivity index (χ2n) is 10.3. The molecular formula is C28H33F3N6O2S. The number of alkyl halides is 3. The van der Waals surface area contributed by atoms with Crippen LogP contribution in [0.4, 0.5) is 29.8 Å². The van der Waals surface area contributed by atoms with Crippen molar-refractivity contribution in [2.45, 2.75) is 38.9 Å². The molecule has 2 N–H and O–H groups in total. The molecule has 12 heteroatoms. The van der Waals surface area contributed by atoms with Gasteiger partial charge in [-0.1, -0.05) is 23.5 Å². The summed E-state index contributed by atoms with van der Waals surface area (Å²) in [5, 5.41) is 12.8. The lowest BCUT2D eigenvalue weighted by Crippen LogP contribution is -2.46. The Bertz CT molecular complexity index is 1330. The van der Waals surface area contributed by atoms with Gasteiger partial charge in [-0.3, -0.25) is 14.6 Å². The zero-order valence-electron chi connectivity index (χ0n) is 22.4. The first-order valence-corrected chi connectivity index (χ1v) is 14.3. The third kappa shape index (κ3) is 6.91. The smallest absolute Gasteiger partial charge is 0.416 e. The molecule has 0 atom stereocenters. The molecule has 0 aliphatic carbocycles. The number of piperazine rings is 1. The monoisotopic (exact) mass is 574 g/mol. The van der Waals surface area contributed by atoms with Gasteiger partial charge in [0.05, 0.1) is 17.7 Å². The summed E-state index contributed by atoms with van der Waals surface area (Å²) in [5.74, 6) is -0.178. The summed E-state index contributed by atoms with van der Waals surface area (Å²) in [7, 11) is 0. The van der Waals surface area contributed by atoms with E-state index in [0.717, 1.165) is 62.7 Å². The van der Waals surface area contributed by atoms with Crippen LogP contribution in [0.25, 0.3) is 11.3 Å². The number of halogens is 3. The highest BCUT2D eigenvalue weighted by molar-refractivity contribution is 7.16. The lowest BCUT2D eigenvalue weighted by Gasteiger charge is -2.35. The number of aliphatic carboxylic acids is 1. The normalized spacial score (nSPS) is 16.9. The van der Waals surface area contributed by atoms with Gasteiger partial charge in [0.1, 0.15) is 5.82 Å². The Labute approximate surface area is 235 Å². The Morgan fingerprint density at radius 2 is 1.80 bits per heavy atom. The molecule has 2 fully saturated rings. The third-order valence-corrected chi connectivity index (χ3v) is 8.39. The van der Waals surface area contributed by atoms with Crippen molar-refractivity contribution in [1.82, 2.24) is 19.8 Å². The van der Waals surface area contributed by atoms with Gasteiger partial charge in [-0.15, -0.1) is 0 Å². The Balaban J connectivity index is 1.35. The summed E-state index contributed by atoms with van der Waals surface area (Å²) < 4.78 is 41.0. The molecule has 2 aromatic heterocycles. The SMILES string of the molecule is Cc1ccc(-c2nc(Nc3cc(N4CCN(CCC(=O)O)CC4)ccn3)sc2CN2CCCC2)cc1C(F)(F)F. The second-order valence-corrected chi connectivity index (χ2v) is 11.4. The number of aromatic nitrogens is 2. The van der Waals surface area contributed by atoms with Crippen molar-refractivity contribution in [3.8, 4) is 11.3 Å². The zero-order valence-corrected chi connectivity index (χ0v) is 23.2. The summed E-state index contributed by atoms with van der Waals surface area (Å²) in [6.07, 6.45) is -0.333. The van der Waals surface area contributed by atoms with Gasteiger partial charge in [0.15, 0.2) is 5.13 Å². The largest absolute Gasteiger partial charge is 0.481 e. The molecule has 0 bridgehead atoms. The average molecular weight is 575 g/mol. The molecule has 214 valence electrons. The van der Waals surface area contributed by atoms with Crippen LogP contribution in [0.2, 0.25) is 0 Å². The minimum absolute atomic E-state index is 0.138. The van der Waals surface area contributed by atoms with Crippen LogP contribution >= 0.6 is 11.3 Å². The molecule has 0 unspecified atom stereocenters. The number of nitrogens with zero attached hydrogens (tertiary/aromatic N) is 5. The van der Waals surface area contributed by atoms with Crippen molar-refractivity contribution in [2.75, 3.05) is 56.0 Å². The molecule has 2 aliphatic rings. The maximum atomic E-state index is 13.7. The lowest BCUT2D eigenvalue weighted by atomic mass is 10.0. The van der Waals surface area contributed by atoms with E-state index < -0.39 is 17.7 Å². The van der Waals surface area contributed by atoms with Gasteiger partial charge in [-0.2, -0.15) is 13.2 Å². The van der Waals surface area contributed by atoms with E-state index in [2.05, 4.69) is 25.0 Å².